The Morgan fingerprint density at radius 1 is 1.33 bits per heavy atom. The molecule has 0 fully saturated rings. The predicted octanol–water partition coefficient (Wildman–Crippen LogP) is 3.97. The van der Waals surface area contributed by atoms with Crippen molar-refractivity contribution in [1.29, 1.82) is 0 Å². The summed E-state index contributed by atoms with van der Waals surface area (Å²) in [5, 5.41) is 9.71. The minimum absolute atomic E-state index is 0.0504. The predicted molar refractivity (Wildman–Crippen MR) is 91.6 cm³/mol. The maximum Gasteiger partial charge on any atom is 0.333 e. The fraction of sp³-hybridized carbons (Fsp3) is 0.706. The summed E-state index contributed by atoms with van der Waals surface area (Å²) >= 11 is 1.71. The van der Waals surface area contributed by atoms with E-state index in [2.05, 4.69) is 33.4 Å². The van der Waals surface area contributed by atoms with Crippen molar-refractivity contribution in [2.45, 2.75) is 53.1 Å². The largest absolute Gasteiger partial charge is 0.460 e. The molecule has 2 atom stereocenters. The lowest BCUT2D eigenvalue weighted by atomic mass is 10.0. The van der Waals surface area contributed by atoms with Crippen LogP contribution in [0.15, 0.2) is 23.8 Å². The molecule has 0 amide bonds. The van der Waals surface area contributed by atoms with Crippen molar-refractivity contribution in [1.82, 2.24) is 0 Å². The van der Waals surface area contributed by atoms with Gasteiger partial charge in [-0.3, -0.25) is 0 Å². The van der Waals surface area contributed by atoms with Gasteiger partial charge in [-0.05, 0) is 51.7 Å². The van der Waals surface area contributed by atoms with Crippen molar-refractivity contribution < 1.29 is 14.6 Å². The van der Waals surface area contributed by atoms with Gasteiger partial charge in [-0.2, -0.15) is 11.8 Å². The molecule has 2 unspecified atom stereocenters. The summed E-state index contributed by atoms with van der Waals surface area (Å²) in [6, 6.07) is 0. The van der Waals surface area contributed by atoms with Gasteiger partial charge >= 0.3 is 5.97 Å². The lowest BCUT2D eigenvalue weighted by Crippen LogP contribution is -2.21. The van der Waals surface area contributed by atoms with Gasteiger partial charge < -0.3 is 9.84 Å². The van der Waals surface area contributed by atoms with Gasteiger partial charge in [-0.1, -0.05) is 25.2 Å². The highest BCUT2D eigenvalue weighted by Crippen LogP contribution is 2.16. The molecule has 0 radical (unpaired) electrons. The summed E-state index contributed by atoms with van der Waals surface area (Å²) < 4.78 is 4.91. The summed E-state index contributed by atoms with van der Waals surface area (Å²) in [7, 11) is 0. The van der Waals surface area contributed by atoms with Crippen LogP contribution in [-0.4, -0.2) is 35.3 Å². The number of thioether (sulfide) groups is 1. The molecule has 21 heavy (non-hydrogen) atoms. The molecule has 0 aliphatic heterocycles. The Bertz CT molecular complexity index is 346. The number of rotatable bonds is 11. The zero-order valence-electron chi connectivity index (χ0n) is 13.9. The molecule has 0 aliphatic carbocycles. The molecule has 0 aromatic carbocycles. The van der Waals surface area contributed by atoms with Crippen LogP contribution >= 0.6 is 11.8 Å². The zero-order chi connectivity index (χ0) is 16.3. The van der Waals surface area contributed by atoms with Gasteiger partial charge in [-0.15, -0.1) is 0 Å². The van der Waals surface area contributed by atoms with E-state index in [4.69, 9.17) is 4.74 Å². The van der Waals surface area contributed by atoms with E-state index >= 15 is 0 Å². The van der Waals surface area contributed by atoms with Gasteiger partial charge in [0.15, 0.2) is 0 Å². The van der Waals surface area contributed by atoms with Crippen molar-refractivity contribution in [2.24, 2.45) is 5.92 Å². The first-order valence-electron chi connectivity index (χ1n) is 7.54. The van der Waals surface area contributed by atoms with Crippen LogP contribution in [0.2, 0.25) is 0 Å². The van der Waals surface area contributed by atoms with Crippen molar-refractivity contribution >= 4 is 17.7 Å². The van der Waals surface area contributed by atoms with E-state index in [0.717, 1.165) is 18.6 Å². The number of aliphatic hydroxyl groups is 1. The normalized spacial score (nSPS) is 13.4. The van der Waals surface area contributed by atoms with Crippen LogP contribution in [0.1, 0.15) is 47.0 Å². The van der Waals surface area contributed by atoms with Crippen molar-refractivity contribution in [3.8, 4) is 0 Å². The number of allylic oxidation sites excluding steroid dienone is 2. The SMILES string of the molecule is C=C(C)C(=O)OCC(O)CSCCC(C)CCC=C(C)C. The molecule has 3 nitrogen and oxygen atoms in total. The van der Waals surface area contributed by atoms with Crippen LogP contribution < -0.4 is 0 Å². The number of aliphatic hydroxyl groups excluding tert-OH is 1. The van der Waals surface area contributed by atoms with Crippen LogP contribution in [0.4, 0.5) is 0 Å². The number of hydrogen-bond acceptors (Lipinski definition) is 4. The molecule has 0 saturated heterocycles. The molecule has 0 bridgehead atoms. The third-order valence-corrected chi connectivity index (χ3v) is 4.18. The highest BCUT2D eigenvalue weighted by Gasteiger charge is 2.09. The average Bonchev–Trinajstić information content (AvgIpc) is 2.40. The first-order chi connectivity index (χ1) is 9.82. The highest BCUT2D eigenvalue weighted by molar-refractivity contribution is 7.99. The first kappa shape index (κ1) is 20.3. The Hall–Kier alpha value is -0.740. The monoisotopic (exact) mass is 314 g/mol. The van der Waals surface area contributed by atoms with Crippen molar-refractivity contribution in [3.63, 3.8) is 0 Å². The fourth-order valence-electron chi connectivity index (χ4n) is 1.65. The Kier molecular flexibility index (Phi) is 11.5. The van der Waals surface area contributed by atoms with Gasteiger partial charge in [0, 0.05) is 11.3 Å². The molecule has 1 N–H and O–H groups in total. The Labute approximate surface area is 133 Å². The Morgan fingerprint density at radius 2 is 2.00 bits per heavy atom. The van der Waals surface area contributed by atoms with Crippen molar-refractivity contribution in [3.05, 3.63) is 23.8 Å². The molecule has 4 heteroatoms. The minimum Gasteiger partial charge on any atom is -0.460 e. The van der Waals surface area contributed by atoms with Gasteiger partial charge in [0.05, 0.1) is 6.10 Å². The lowest BCUT2D eigenvalue weighted by Gasteiger charge is -2.13. The van der Waals surface area contributed by atoms with Gasteiger partial charge in [0.25, 0.3) is 0 Å². The second kappa shape index (κ2) is 11.9. The fourth-order valence-corrected chi connectivity index (χ4v) is 2.75. The Morgan fingerprint density at radius 3 is 2.57 bits per heavy atom. The molecule has 0 aromatic heterocycles. The van der Waals surface area contributed by atoms with Crippen LogP contribution in [0.5, 0.6) is 0 Å². The van der Waals surface area contributed by atoms with Crippen LogP contribution in [0, 0.1) is 5.92 Å². The van der Waals surface area contributed by atoms with Gasteiger partial charge in [0.2, 0.25) is 0 Å². The second-order valence-corrected chi connectivity index (χ2v) is 7.01. The molecule has 0 saturated carbocycles. The van der Waals surface area contributed by atoms with E-state index < -0.39 is 12.1 Å². The first-order valence-corrected chi connectivity index (χ1v) is 8.70. The molecular weight excluding hydrogens is 284 g/mol. The standard InChI is InChI=1S/C17H30O3S/c1-13(2)7-6-8-15(5)9-10-21-12-16(18)11-20-17(19)14(3)4/h7,15-16,18H,3,6,8-12H2,1-2,4-5H3. The third kappa shape index (κ3) is 12.7. The lowest BCUT2D eigenvalue weighted by molar-refractivity contribution is -0.141. The van der Waals surface area contributed by atoms with Crippen LogP contribution in [0.3, 0.4) is 0 Å². The average molecular weight is 314 g/mol. The summed E-state index contributed by atoms with van der Waals surface area (Å²) in [6.07, 6.45) is 5.19. The maximum atomic E-state index is 11.2. The van der Waals surface area contributed by atoms with E-state index in [-0.39, 0.29) is 6.61 Å². The van der Waals surface area contributed by atoms with E-state index in [0.29, 0.717) is 17.2 Å². The Balaban J connectivity index is 3.59. The van der Waals surface area contributed by atoms with Crippen LogP contribution in [-0.2, 0) is 9.53 Å². The van der Waals surface area contributed by atoms with Gasteiger partial charge in [-0.25, -0.2) is 4.79 Å². The van der Waals surface area contributed by atoms with Crippen LogP contribution in [0.25, 0.3) is 0 Å². The molecular formula is C17H30O3S. The summed E-state index contributed by atoms with van der Waals surface area (Å²) in [5.74, 6) is 1.89. The summed E-state index contributed by atoms with van der Waals surface area (Å²) in [4.78, 5) is 11.2. The third-order valence-electron chi connectivity index (χ3n) is 3.03. The molecule has 122 valence electrons. The van der Waals surface area contributed by atoms with Crippen molar-refractivity contribution in [2.75, 3.05) is 18.1 Å². The minimum atomic E-state index is -0.598. The number of ether oxygens (including phenoxy) is 1. The quantitative estimate of drug-likeness (QED) is 0.271. The maximum absolute atomic E-state index is 11.2. The molecule has 0 heterocycles. The molecule has 0 spiro atoms. The zero-order valence-corrected chi connectivity index (χ0v) is 14.7. The van der Waals surface area contributed by atoms with Gasteiger partial charge in [0.1, 0.15) is 6.61 Å². The number of carbonyl (C=O) groups excluding carboxylic acids is 1. The second-order valence-electron chi connectivity index (χ2n) is 5.86. The van der Waals surface area contributed by atoms with E-state index in [1.54, 1.807) is 18.7 Å². The summed E-state index contributed by atoms with van der Waals surface area (Å²) in [5.41, 5.74) is 1.74. The number of hydrogen-bond donors (Lipinski definition) is 1. The number of carbonyl (C=O) groups is 1. The van der Waals surface area contributed by atoms with E-state index in [1.807, 2.05) is 0 Å². The number of esters is 1. The molecule has 0 aliphatic rings. The highest BCUT2D eigenvalue weighted by atomic mass is 32.2. The smallest absolute Gasteiger partial charge is 0.333 e. The summed E-state index contributed by atoms with van der Waals surface area (Å²) in [6.45, 7) is 11.7. The topological polar surface area (TPSA) is 46.5 Å². The van der Waals surface area contributed by atoms with E-state index in [1.165, 1.54) is 12.0 Å². The molecule has 0 rings (SSSR count). The van der Waals surface area contributed by atoms with E-state index in [9.17, 15) is 9.90 Å². The molecule has 0 aromatic rings.